The van der Waals surface area contributed by atoms with Crippen LogP contribution in [-0.4, -0.2) is 17.1 Å². The molecule has 0 fully saturated rings. The van der Waals surface area contributed by atoms with Gasteiger partial charge in [-0.15, -0.1) is 0 Å². The van der Waals surface area contributed by atoms with Crippen LogP contribution in [0.2, 0.25) is 0 Å². The van der Waals surface area contributed by atoms with Crippen molar-refractivity contribution in [3.05, 3.63) is 107 Å². The first kappa shape index (κ1) is 18.3. The summed E-state index contributed by atoms with van der Waals surface area (Å²) < 4.78 is 26.8. The maximum Gasteiger partial charge on any atom is 0.251 e. The molecule has 3 aromatic carbocycles. The van der Waals surface area contributed by atoms with E-state index in [4.69, 9.17) is 0 Å². The number of carbonyl (C=O) groups is 1. The van der Waals surface area contributed by atoms with Gasteiger partial charge in [0.15, 0.2) is 11.6 Å². The van der Waals surface area contributed by atoms with Gasteiger partial charge in [-0.1, -0.05) is 48.5 Å². The van der Waals surface area contributed by atoms with Crippen molar-refractivity contribution in [3.63, 3.8) is 0 Å². The minimum absolute atomic E-state index is 0.270. The van der Waals surface area contributed by atoms with Crippen molar-refractivity contribution in [1.82, 2.24) is 5.32 Å². The molecule has 3 nitrogen and oxygen atoms in total. The number of aliphatic hydroxyl groups is 1. The number of amides is 1. The second-order valence-electron chi connectivity index (χ2n) is 7.00. The van der Waals surface area contributed by atoms with Gasteiger partial charge in [0.05, 0.1) is 12.1 Å². The molecule has 142 valence electrons. The number of fused-ring (bicyclic) bond motifs is 1. The number of carbonyl (C=O) groups excluding carboxylic acids is 1. The molecule has 0 saturated carbocycles. The van der Waals surface area contributed by atoms with E-state index >= 15 is 0 Å². The maximum absolute atomic E-state index is 13.6. The Balaban J connectivity index is 1.61. The van der Waals surface area contributed by atoms with Gasteiger partial charge in [0.1, 0.15) is 0 Å². The topological polar surface area (TPSA) is 49.3 Å². The summed E-state index contributed by atoms with van der Waals surface area (Å²) >= 11 is 0. The molecule has 0 aromatic heterocycles. The molecule has 1 aliphatic carbocycles. The quantitative estimate of drug-likeness (QED) is 0.716. The van der Waals surface area contributed by atoms with E-state index in [1.807, 2.05) is 30.3 Å². The predicted molar refractivity (Wildman–Crippen MR) is 102 cm³/mol. The number of aliphatic hydroxyl groups excluding tert-OH is 1. The van der Waals surface area contributed by atoms with Crippen LogP contribution in [0.1, 0.15) is 39.0 Å². The lowest BCUT2D eigenvalue weighted by atomic mass is 9.92. The van der Waals surface area contributed by atoms with Gasteiger partial charge in [0.25, 0.3) is 5.91 Å². The molecule has 3 aromatic rings. The Bertz CT molecular complexity index is 1010. The van der Waals surface area contributed by atoms with Crippen molar-refractivity contribution in [2.75, 3.05) is 0 Å². The van der Waals surface area contributed by atoms with E-state index in [2.05, 4.69) is 5.32 Å². The Morgan fingerprint density at radius 1 is 0.893 bits per heavy atom. The van der Waals surface area contributed by atoms with E-state index in [-0.39, 0.29) is 11.8 Å². The highest BCUT2D eigenvalue weighted by Crippen LogP contribution is 2.42. The molecule has 0 aliphatic heterocycles. The third-order valence-electron chi connectivity index (χ3n) is 5.25. The molecule has 2 N–H and O–H groups in total. The molecule has 1 amide bonds. The summed E-state index contributed by atoms with van der Waals surface area (Å²) in [5, 5.41) is 13.9. The van der Waals surface area contributed by atoms with Gasteiger partial charge in [0, 0.05) is 11.5 Å². The van der Waals surface area contributed by atoms with E-state index in [0.717, 1.165) is 23.3 Å². The van der Waals surface area contributed by atoms with Gasteiger partial charge < -0.3 is 10.4 Å². The van der Waals surface area contributed by atoms with Crippen LogP contribution >= 0.6 is 0 Å². The molecular formula is C23H19F2NO2. The monoisotopic (exact) mass is 379 g/mol. The standard InChI is InChI=1S/C23H19F2NO2/c24-19-11-10-14(13-20(19)25)12-18-16-8-4-5-9-17(16)21(22(18)27)26-23(28)15-6-2-1-3-7-15/h1-11,13,18,21-22,27H,12H2,(H,26,28)/t18-,21-,22?/m0/s1. The molecule has 0 heterocycles. The minimum Gasteiger partial charge on any atom is -0.390 e. The van der Waals surface area contributed by atoms with Crippen LogP contribution in [0, 0.1) is 11.6 Å². The zero-order valence-electron chi connectivity index (χ0n) is 15.0. The number of rotatable bonds is 4. The fraction of sp³-hybridized carbons (Fsp3) is 0.174. The first-order valence-corrected chi connectivity index (χ1v) is 9.11. The normalized spacial score (nSPS) is 20.6. The van der Waals surface area contributed by atoms with Crippen LogP contribution in [0.15, 0.2) is 72.8 Å². The first-order valence-electron chi connectivity index (χ1n) is 9.11. The van der Waals surface area contributed by atoms with Crippen LogP contribution in [0.25, 0.3) is 0 Å². The number of benzene rings is 3. The van der Waals surface area contributed by atoms with E-state index in [1.54, 1.807) is 24.3 Å². The Hall–Kier alpha value is -3.05. The first-order chi connectivity index (χ1) is 13.5. The highest BCUT2D eigenvalue weighted by molar-refractivity contribution is 5.94. The zero-order chi connectivity index (χ0) is 19.7. The van der Waals surface area contributed by atoms with Crippen molar-refractivity contribution in [1.29, 1.82) is 0 Å². The summed E-state index contributed by atoms with van der Waals surface area (Å²) in [5.74, 6) is -2.41. The van der Waals surface area contributed by atoms with Crippen molar-refractivity contribution < 1.29 is 18.7 Å². The van der Waals surface area contributed by atoms with Gasteiger partial charge in [-0.2, -0.15) is 0 Å². The number of halogens is 2. The minimum atomic E-state index is -0.910. The fourth-order valence-electron chi connectivity index (χ4n) is 3.86. The summed E-state index contributed by atoms with van der Waals surface area (Å²) in [6.45, 7) is 0. The van der Waals surface area contributed by atoms with Crippen molar-refractivity contribution >= 4 is 5.91 Å². The number of hydrogen-bond donors (Lipinski definition) is 2. The molecule has 0 bridgehead atoms. The second kappa shape index (κ2) is 7.52. The molecule has 5 heteroatoms. The van der Waals surface area contributed by atoms with Crippen LogP contribution in [0.5, 0.6) is 0 Å². The van der Waals surface area contributed by atoms with Gasteiger partial charge in [0.2, 0.25) is 0 Å². The van der Waals surface area contributed by atoms with Gasteiger partial charge in [-0.25, -0.2) is 8.78 Å². The lowest BCUT2D eigenvalue weighted by Gasteiger charge is -2.22. The number of nitrogens with one attached hydrogen (secondary N) is 1. The second-order valence-corrected chi connectivity index (χ2v) is 7.00. The smallest absolute Gasteiger partial charge is 0.251 e. The molecular weight excluding hydrogens is 360 g/mol. The Kier molecular flexibility index (Phi) is 4.92. The SMILES string of the molecule is O=C(N[C@H]1c2ccccc2[C@H](Cc2ccc(F)c(F)c2)C1O)c1ccccc1. The molecule has 1 aliphatic rings. The van der Waals surface area contributed by atoms with E-state index in [9.17, 15) is 18.7 Å². The third-order valence-corrected chi connectivity index (χ3v) is 5.25. The predicted octanol–water partition coefficient (Wildman–Crippen LogP) is 4.14. The van der Waals surface area contributed by atoms with Crippen LogP contribution in [0.4, 0.5) is 8.78 Å². The molecule has 0 radical (unpaired) electrons. The lowest BCUT2D eigenvalue weighted by Crippen LogP contribution is -2.35. The van der Waals surface area contributed by atoms with E-state index < -0.39 is 23.8 Å². The summed E-state index contributed by atoms with van der Waals surface area (Å²) in [6, 6.07) is 19.5. The average Bonchev–Trinajstić information content (AvgIpc) is 2.97. The Morgan fingerprint density at radius 2 is 1.57 bits per heavy atom. The number of hydrogen-bond acceptors (Lipinski definition) is 2. The van der Waals surface area contributed by atoms with Crippen molar-refractivity contribution in [2.24, 2.45) is 0 Å². The third kappa shape index (κ3) is 3.41. The Morgan fingerprint density at radius 3 is 2.29 bits per heavy atom. The molecule has 4 rings (SSSR count). The average molecular weight is 379 g/mol. The van der Waals surface area contributed by atoms with Gasteiger partial charge in [-0.3, -0.25) is 4.79 Å². The zero-order valence-corrected chi connectivity index (χ0v) is 15.0. The summed E-state index contributed by atoms with van der Waals surface area (Å²) in [5.41, 5.74) is 2.84. The Labute approximate surface area is 161 Å². The van der Waals surface area contributed by atoms with Crippen LogP contribution in [0.3, 0.4) is 0 Å². The summed E-state index contributed by atoms with van der Waals surface area (Å²) in [4.78, 5) is 12.6. The molecule has 28 heavy (non-hydrogen) atoms. The largest absolute Gasteiger partial charge is 0.390 e. The van der Waals surface area contributed by atoms with E-state index in [1.165, 1.54) is 6.07 Å². The van der Waals surface area contributed by atoms with Crippen molar-refractivity contribution in [2.45, 2.75) is 24.5 Å². The summed E-state index contributed by atoms with van der Waals surface area (Å²) in [6.07, 6.45) is -0.536. The van der Waals surface area contributed by atoms with Gasteiger partial charge >= 0.3 is 0 Å². The molecule has 0 saturated heterocycles. The van der Waals surface area contributed by atoms with Crippen LogP contribution < -0.4 is 5.32 Å². The molecule has 3 atom stereocenters. The highest BCUT2D eigenvalue weighted by atomic mass is 19.2. The lowest BCUT2D eigenvalue weighted by molar-refractivity contribution is 0.0813. The van der Waals surface area contributed by atoms with E-state index in [0.29, 0.717) is 17.5 Å². The molecule has 0 spiro atoms. The van der Waals surface area contributed by atoms with Crippen molar-refractivity contribution in [3.8, 4) is 0 Å². The fourth-order valence-corrected chi connectivity index (χ4v) is 3.86. The molecule has 1 unspecified atom stereocenters. The van der Waals surface area contributed by atoms with Gasteiger partial charge in [-0.05, 0) is 47.4 Å². The highest BCUT2D eigenvalue weighted by Gasteiger charge is 2.40. The maximum atomic E-state index is 13.6. The summed E-state index contributed by atoms with van der Waals surface area (Å²) in [7, 11) is 0. The van der Waals surface area contributed by atoms with Crippen LogP contribution in [-0.2, 0) is 6.42 Å².